The van der Waals surface area contributed by atoms with E-state index in [1.54, 1.807) is 0 Å². The van der Waals surface area contributed by atoms with Gasteiger partial charge >= 0.3 is 0 Å². The topological polar surface area (TPSA) is 62.4 Å². The number of aromatic nitrogens is 2. The van der Waals surface area contributed by atoms with Crippen LogP contribution in [0.15, 0.2) is 4.52 Å². The van der Waals surface area contributed by atoms with Crippen LogP contribution in [0.1, 0.15) is 52.3 Å². The minimum atomic E-state index is -0.114. The van der Waals surface area contributed by atoms with Gasteiger partial charge < -0.3 is 9.63 Å². The molecule has 5 nitrogen and oxygen atoms in total. The van der Waals surface area contributed by atoms with Gasteiger partial charge in [0.1, 0.15) is 0 Å². The summed E-state index contributed by atoms with van der Waals surface area (Å²) < 4.78 is 5.32. The van der Waals surface area contributed by atoms with E-state index in [0.29, 0.717) is 18.4 Å². The number of piperidine rings is 1. The lowest BCUT2D eigenvalue weighted by Gasteiger charge is -2.38. The highest BCUT2D eigenvalue weighted by molar-refractivity contribution is 4.98. The van der Waals surface area contributed by atoms with Crippen molar-refractivity contribution in [1.29, 1.82) is 0 Å². The molecule has 19 heavy (non-hydrogen) atoms. The van der Waals surface area contributed by atoms with E-state index in [0.717, 1.165) is 12.4 Å². The molecule has 0 radical (unpaired) electrons. The average Bonchev–Trinajstić information content (AvgIpc) is 2.77. The van der Waals surface area contributed by atoms with Crippen molar-refractivity contribution >= 4 is 0 Å². The zero-order chi connectivity index (χ0) is 14.0. The molecule has 1 saturated heterocycles. The standard InChI is InChI=1S/C14H25N3O2/c1-10-6-5-7-17(11(10)9-18)8-12-15-13(19-16-12)14(2,3)4/h10-11,18H,5-9H2,1-4H3. The summed E-state index contributed by atoms with van der Waals surface area (Å²) in [4.78, 5) is 6.74. The quantitative estimate of drug-likeness (QED) is 0.907. The van der Waals surface area contributed by atoms with Gasteiger partial charge in [0.25, 0.3) is 0 Å². The van der Waals surface area contributed by atoms with Crippen LogP contribution in [0.25, 0.3) is 0 Å². The van der Waals surface area contributed by atoms with Gasteiger partial charge in [-0.3, -0.25) is 4.90 Å². The van der Waals surface area contributed by atoms with Crippen molar-refractivity contribution in [1.82, 2.24) is 15.0 Å². The van der Waals surface area contributed by atoms with E-state index in [-0.39, 0.29) is 18.1 Å². The number of nitrogens with zero attached hydrogens (tertiary/aromatic N) is 3. The predicted molar refractivity (Wildman–Crippen MR) is 72.7 cm³/mol. The van der Waals surface area contributed by atoms with Crippen molar-refractivity contribution < 1.29 is 9.63 Å². The third-order valence-corrected chi connectivity index (χ3v) is 3.87. The number of rotatable bonds is 3. The van der Waals surface area contributed by atoms with Gasteiger partial charge in [-0.1, -0.05) is 32.9 Å². The number of hydrogen-bond acceptors (Lipinski definition) is 5. The number of hydrogen-bond donors (Lipinski definition) is 1. The molecule has 0 saturated carbocycles. The molecule has 1 N–H and O–H groups in total. The molecular formula is C14H25N3O2. The second kappa shape index (κ2) is 5.59. The molecular weight excluding hydrogens is 242 g/mol. The van der Waals surface area contributed by atoms with Gasteiger partial charge in [0.05, 0.1) is 13.2 Å². The predicted octanol–water partition coefficient (Wildman–Crippen LogP) is 1.96. The van der Waals surface area contributed by atoms with E-state index < -0.39 is 0 Å². The Morgan fingerprint density at radius 2 is 2.16 bits per heavy atom. The summed E-state index contributed by atoms with van der Waals surface area (Å²) in [5, 5.41) is 13.6. The lowest BCUT2D eigenvalue weighted by molar-refractivity contribution is 0.0449. The largest absolute Gasteiger partial charge is 0.395 e. The molecule has 0 aliphatic carbocycles. The second-order valence-corrected chi connectivity index (χ2v) is 6.61. The highest BCUT2D eigenvalue weighted by Crippen LogP contribution is 2.25. The van der Waals surface area contributed by atoms with E-state index >= 15 is 0 Å². The van der Waals surface area contributed by atoms with E-state index in [4.69, 9.17) is 4.52 Å². The fourth-order valence-electron chi connectivity index (χ4n) is 2.63. The van der Waals surface area contributed by atoms with E-state index in [2.05, 4.69) is 42.7 Å². The zero-order valence-electron chi connectivity index (χ0n) is 12.4. The van der Waals surface area contributed by atoms with E-state index in [1.807, 2.05) is 0 Å². The van der Waals surface area contributed by atoms with Crippen LogP contribution < -0.4 is 0 Å². The molecule has 0 bridgehead atoms. The normalized spacial score (nSPS) is 25.7. The maximum Gasteiger partial charge on any atom is 0.232 e. The van der Waals surface area contributed by atoms with Crippen LogP contribution >= 0.6 is 0 Å². The van der Waals surface area contributed by atoms with Crippen molar-refractivity contribution in [2.75, 3.05) is 13.2 Å². The van der Waals surface area contributed by atoms with Crippen LogP contribution in [0, 0.1) is 5.92 Å². The Bertz CT molecular complexity index is 411. The molecule has 1 aliphatic rings. The SMILES string of the molecule is CC1CCCN(Cc2noc(C(C)(C)C)n2)C1CO. The van der Waals surface area contributed by atoms with Crippen LogP contribution in [0.4, 0.5) is 0 Å². The number of likely N-dealkylation sites (tertiary alicyclic amines) is 1. The van der Waals surface area contributed by atoms with Gasteiger partial charge in [0.2, 0.25) is 5.89 Å². The van der Waals surface area contributed by atoms with Crippen LogP contribution in [0.5, 0.6) is 0 Å². The molecule has 1 fully saturated rings. The summed E-state index contributed by atoms with van der Waals surface area (Å²) in [6.07, 6.45) is 2.35. The van der Waals surface area contributed by atoms with Gasteiger partial charge in [-0.05, 0) is 25.3 Å². The Kier molecular flexibility index (Phi) is 4.26. The molecule has 2 heterocycles. The number of aliphatic hydroxyl groups is 1. The Balaban J connectivity index is 2.05. The molecule has 1 aromatic rings. The third-order valence-electron chi connectivity index (χ3n) is 3.87. The molecule has 0 aromatic carbocycles. The monoisotopic (exact) mass is 267 g/mol. The molecule has 2 unspecified atom stereocenters. The van der Waals surface area contributed by atoms with Crippen LogP contribution in [0.3, 0.4) is 0 Å². The van der Waals surface area contributed by atoms with Crippen LogP contribution in [0.2, 0.25) is 0 Å². The third kappa shape index (κ3) is 3.34. The second-order valence-electron chi connectivity index (χ2n) is 6.61. The van der Waals surface area contributed by atoms with Gasteiger partial charge in [-0.25, -0.2) is 0 Å². The Morgan fingerprint density at radius 1 is 1.42 bits per heavy atom. The molecule has 5 heteroatoms. The highest BCUT2D eigenvalue weighted by Gasteiger charge is 2.29. The Hall–Kier alpha value is -0.940. The first-order valence-electron chi connectivity index (χ1n) is 7.10. The summed E-state index contributed by atoms with van der Waals surface area (Å²) in [5.41, 5.74) is -0.114. The molecule has 0 spiro atoms. The molecule has 0 amide bonds. The van der Waals surface area contributed by atoms with Crippen molar-refractivity contribution in [2.45, 2.75) is 58.5 Å². The maximum atomic E-state index is 9.54. The van der Waals surface area contributed by atoms with Gasteiger partial charge in [0, 0.05) is 11.5 Å². The van der Waals surface area contributed by atoms with Gasteiger partial charge in [-0.2, -0.15) is 4.98 Å². The summed E-state index contributed by atoms with van der Waals surface area (Å²) in [5.74, 6) is 1.92. The van der Waals surface area contributed by atoms with Crippen molar-refractivity contribution in [3.63, 3.8) is 0 Å². The average molecular weight is 267 g/mol. The molecule has 1 aromatic heterocycles. The minimum absolute atomic E-state index is 0.114. The summed E-state index contributed by atoms with van der Waals surface area (Å²) >= 11 is 0. The van der Waals surface area contributed by atoms with Crippen molar-refractivity contribution in [3.8, 4) is 0 Å². The first-order chi connectivity index (χ1) is 8.91. The Morgan fingerprint density at radius 3 is 2.74 bits per heavy atom. The minimum Gasteiger partial charge on any atom is -0.395 e. The van der Waals surface area contributed by atoms with Crippen LogP contribution in [-0.4, -0.2) is 39.3 Å². The zero-order valence-corrected chi connectivity index (χ0v) is 12.4. The smallest absolute Gasteiger partial charge is 0.232 e. The van der Waals surface area contributed by atoms with E-state index in [1.165, 1.54) is 12.8 Å². The summed E-state index contributed by atoms with van der Waals surface area (Å²) in [6.45, 7) is 10.2. The van der Waals surface area contributed by atoms with Crippen LogP contribution in [-0.2, 0) is 12.0 Å². The lowest BCUT2D eigenvalue weighted by atomic mass is 9.91. The van der Waals surface area contributed by atoms with E-state index in [9.17, 15) is 5.11 Å². The first-order valence-corrected chi connectivity index (χ1v) is 7.10. The first kappa shape index (κ1) is 14.5. The fraction of sp³-hybridized carbons (Fsp3) is 0.857. The maximum absolute atomic E-state index is 9.54. The lowest BCUT2D eigenvalue weighted by Crippen LogP contribution is -2.46. The molecule has 2 rings (SSSR count). The highest BCUT2D eigenvalue weighted by atomic mass is 16.5. The van der Waals surface area contributed by atoms with Crippen molar-refractivity contribution in [2.24, 2.45) is 5.92 Å². The molecule has 2 atom stereocenters. The Labute approximate surface area is 115 Å². The number of aliphatic hydroxyl groups excluding tert-OH is 1. The van der Waals surface area contributed by atoms with Gasteiger partial charge in [0.15, 0.2) is 5.82 Å². The molecule has 1 aliphatic heterocycles. The summed E-state index contributed by atoms with van der Waals surface area (Å²) in [6, 6.07) is 0.213. The van der Waals surface area contributed by atoms with Crippen molar-refractivity contribution in [3.05, 3.63) is 11.7 Å². The summed E-state index contributed by atoms with van der Waals surface area (Å²) in [7, 11) is 0. The molecule has 108 valence electrons. The fourth-order valence-corrected chi connectivity index (χ4v) is 2.63. The van der Waals surface area contributed by atoms with Gasteiger partial charge in [-0.15, -0.1) is 0 Å².